The van der Waals surface area contributed by atoms with Crippen molar-refractivity contribution in [1.82, 2.24) is 5.32 Å². The summed E-state index contributed by atoms with van der Waals surface area (Å²) in [6.07, 6.45) is 6.23. The molecule has 0 spiro atoms. The second kappa shape index (κ2) is 6.32. The Morgan fingerprint density at radius 2 is 2.10 bits per heavy atom. The summed E-state index contributed by atoms with van der Waals surface area (Å²) >= 11 is 1.34. The lowest BCUT2D eigenvalue weighted by Crippen LogP contribution is -2.28. The van der Waals surface area contributed by atoms with Crippen LogP contribution in [-0.4, -0.2) is 24.2 Å². The number of aromatic carboxylic acids is 1. The van der Waals surface area contributed by atoms with E-state index in [2.05, 4.69) is 12.2 Å². The lowest BCUT2D eigenvalue weighted by atomic mass is 9.75. The van der Waals surface area contributed by atoms with E-state index in [9.17, 15) is 9.90 Å². The van der Waals surface area contributed by atoms with Crippen LogP contribution in [0.15, 0.2) is 17.0 Å². The largest absolute Gasteiger partial charge is 0.477 e. The molecule has 1 aromatic heterocycles. The normalized spacial score (nSPS) is 26.9. The molecule has 2 aliphatic rings. The Morgan fingerprint density at radius 1 is 1.33 bits per heavy atom. The van der Waals surface area contributed by atoms with Gasteiger partial charge >= 0.3 is 5.97 Å². The molecule has 114 valence electrons. The minimum atomic E-state index is -0.797. The number of thiophene rings is 1. The Kier molecular flexibility index (Phi) is 4.45. The molecule has 2 N–H and O–H groups in total. The third-order valence-electron chi connectivity index (χ3n) is 4.95. The van der Waals surface area contributed by atoms with Gasteiger partial charge in [-0.25, -0.2) is 4.79 Å². The van der Waals surface area contributed by atoms with Gasteiger partial charge in [0.25, 0.3) is 0 Å². The number of hydrogen-bond acceptors (Lipinski definition) is 3. The van der Waals surface area contributed by atoms with Gasteiger partial charge in [-0.1, -0.05) is 25.3 Å². The quantitative estimate of drug-likeness (QED) is 0.886. The number of carboxylic acids is 1. The molecule has 0 radical (unpaired) electrons. The molecule has 0 saturated heterocycles. The molecule has 1 aromatic rings. The van der Waals surface area contributed by atoms with Gasteiger partial charge in [0.05, 0.1) is 0 Å². The van der Waals surface area contributed by atoms with Crippen LogP contribution in [0.4, 0.5) is 0 Å². The molecule has 1 aliphatic carbocycles. The third-order valence-corrected chi connectivity index (χ3v) is 5.86. The lowest BCUT2D eigenvalue weighted by molar-refractivity contribution is 0.0702. The van der Waals surface area contributed by atoms with Crippen molar-refractivity contribution in [2.45, 2.75) is 39.0 Å². The van der Waals surface area contributed by atoms with E-state index in [1.165, 1.54) is 48.2 Å². The van der Waals surface area contributed by atoms with Crippen LogP contribution in [0.2, 0.25) is 0 Å². The molecule has 1 saturated carbocycles. The van der Waals surface area contributed by atoms with Gasteiger partial charge in [-0.2, -0.15) is 0 Å². The van der Waals surface area contributed by atoms with Crippen molar-refractivity contribution < 1.29 is 9.90 Å². The number of nitrogens with one attached hydrogen (secondary N) is 1. The summed E-state index contributed by atoms with van der Waals surface area (Å²) in [5.74, 6) is 0.720. The highest BCUT2D eigenvalue weighted by Gasteiger charge is 2.27. The second-order valence-corrected chi connectivity index (χ2v) is 7.27. The van der Waals surface area contributed by atoms with Gasteiger partial charge in [0.1, 0.15) is 4.88 Å². The molecule has 0 unspecified atom stereocenters. The monoisotopic (exact) mass is 305 g/mol. The first-order chi connectivity index (χ1) is 10.2. The summed E-state index contributed by atoms with van der Waals surface area (Å²) in [5, 5.41) is 14.7. The van der Waals surface area contributed by atoms with Crippen LogP contribution in [-0.2, 0) is 0 Å². The molecule has 1 fully saturated rings. The van der Waals surface area contributed by atoms with Crippen molar-refractivity contribution in [2.24, 2.45) is 11.8 Å². The average molecular weight is 305 g/mol. The summed E-state index contributed by atoms with van der Waals surface area (Å²) < 4.78 is 0. The molecule has 1 aliphatic heterocycles. The minimum Gasteiger partial charge on any atom is -0.477 e. The Balaban J connectivity index is 1.95. The van der Waals surface area contributed by atoms with E-state index in [4.69, 9.17) is 0 Å². The van der Waals surface area contributed by atoms with Crippen LogP contribution in [0, 0.1) is 11.8 Å². The fourth-order valence-electron chi connectivity index (χ4n) is 3.74. The maximum atomic E-state index is 11.4. The first-order valence-electron chi connectivity index (χ1n) is 7.90. The van der Waals surface area contributed by atoms with Crippen molar-refractivity contribution in [1.29, 1.82) is 0 Å². The van der Waals surface area contributed by atoms with E-state index in [0.29, 0.717) is 10.8 Å². The van der Waals surface area contributed by atoms with Crippen molar-refractivity contribution in [3.05, 3.63) is 27.5 Å². The van der Waals surface area contributed by atoms with Gasteiger partial charge in [-0.3, -0.25) is 0 Å². The molecule has 0 aromatic carbocycles. The maximum Gasteiger partial charge on any atom is 0.346 e. The maximum absolute atomic E-state index is 11.4. The Bertz CT molecular complexity index is 553. The van der Waals surface area contributed by atoms with E-state index in [-0.39, 0.29) is 0 Å². The van der Waals surface area contributed by atoms with Crippen LogP contribution < -0.4 is 5.32 Å². The van der Waals surface area contributed by atoms with Crippen LogP contribution >= 0.6 is 11.3 Å². The molecule has 2 heterocycles. The molecule has 21 heavy (non-hydrogen) atoms. The summed E-state index contributed by atoms with van der Waals surface area (Å²) in [6, 6.07) is 1.99. The van der Waals surface area contributed by atoms with Gasteiger partial charge < -0.3 is 10.4 Å². The van der Waals surface area contributed by atoms with E-state index in [0.717, 1.165) is 31.0 Å². The standard InChI is InChI=1S/C17H23NO2S/c1-11-2-4-12(5-3-11)13-6-8-18-10-15(13)14-7-9-21-16(14)17(19)20/h7,9,11-12,18H,2-6,8,10H2,1H3,(H,19,20). The summed E-state index contributed by atoms with van der Waals surface area (Å²) in [5.41, 5.74) is 3.74. The highest BCUT2D eigenvalue weighted by molar-refractivity contribution is 7.12. The van der Waals surface area contributed by atoms with Gasteiger partial charge in [-0.15, -0.1) is 11.3 Å². The summed E-state index contributed by atoms with van der Waals surface area (Å²) in [4.78, 5) is 11.9. The SMILES string of the molecule is CC1CCC(C2=C(c3ccsc3C(=O)O)CNCC2)CC1. The van der Waals surface area contributed by atoms with E-state index in [1.54, 1.807) is 0 Å². The van der Waals surface area contributed by atoms with Crippen molar-refractivity contribution in [2.75, 3.05) is 13.1 Å². The van der Waals surface area contributed by atoms with Crippen molar-refractivity contribution >= 4 is 22.9 Å². The van der Waals surface area contributed by atoms with Crippen LogP contribution in [0.1, 0.15) is 54.3 Å². The van der Waals surface area contributed by atoms with Crippen LogP contribution in [0.5, 0.6) is 0 Å². The van der Waals surface area contributed by atoms with Gasteiger partial charge in [0.15, 0.2) is 0 Å². The molecule has 0 amide bonds. The molecular weight excluding hydrogens is 282 g/mol. The fraction of sp³-hybridized carbons (Fsp3) is 0.588. The van der Waals surface area contributed by atoms with E-state index < -0.39 is 5.97 Å². The Morgan fingerprint density at radius 3 is 2.81 bits per heavy atom. The van der Waals surface area contributed by atoms with E-state index in [1.807, 2.05) is 11.4 Å². The number of rotatable bonds is 3. The average Bonchev–Trinajstić information content (AvgIpc) is 2.98. The highest BCUT2D eigenvalue weighted by Crippen LogP contribution is 2.40. The fourth-order valence-corrected chi connectivity index (χ4v) is 4.50. The molecule has 0 bridgehead atoms. The predicted octanol–water partition coefficient (Wildman–Crippen LogP) is 4.02. The molecule has 0 atom stereocenters. The smallest absolute Gasteiger partial charge is 0.346 e. The molecule has 3 rings (SSSR count). The molecular formula is C17H23NO2S. The first kappa shape index (κ1) is 14.8. The number of hydrogen-bond donors (Lipinski definition) is 2. The van der Waals surface area contributed by atoms with Gasteiger partial charge in [0.2, 0.25) is 0 Å². The third kappa shape index (κ3) is 3.06. The molecule has 3 nitrogen and oxygen atoms in total. The number of carboxylic acid groups (broad SMARTS) is 1. The second-order valence-electron chi connectivity index (χ2n) is 6.36. The summed E-state index contributed by atoms with van der Waals surface area (Å²) in [6.45, 7) is 4.19. The van der Waals surface area contributed by atoms with Crippen molar-refractivity contribution in [3.8, 4) is 0 Å². The molecule has 4 heteroatoms. The van der Waals surface area contributed by atoms with Gasteiger partial charge in [0, 0.05) is 12.1 Å². The number of carbonyl (C=O) groups is 1. The minimum absolute atomic E-state index is 0.496. The van der Waals surface area contributed by atoms with Crippen LogP contribution in [0.3, 0.4) is 0 Å². The topological polar surface area (TPSA) is 49.3 Å². The summed E-state index contributed by atoms with van der Waals surface area (Å²) in [7, 11) is 0. The zero-order valence-electron chi connectivity index (χ0n) is 12.5. The predicted molar refractivity (Wildman–Crippen MR) is 86.8 cm³/mol. The van der Waals surface area contributed by atoms with Crippen molar-refractivity contribution in [3.63, 3.8) is 0 Å². The Hall–Kier alpha value is -1.13. The first-order valence-corrected chi connectivity index (χ1v) is 8.78. The highest BCUT2D eigenvalue weighted by atomic mass is 32.1. The van der Waals surface area contributed by atoms with Crippen LogP contribution in [0.25, 0.3) is 5.57 Å². The lowest BCUT2D eigenvalue weighted by Gasteiger charge is -2.32. The van der Waals surface area contributed by atoms with E-state index >= 15 is 0 Å². The Labute approximate surface area is 130 Å². The zero-order valence-corrected chi connectivity index (χ0v) is 13.3. The van der Waals surface area contributed by atoms with Gasteiger partial charge in [-0.05, 0) is 54.7 Å². The zero-order chi connectivity index (χ0) is 14.8.